The quantitative estimate of drug-likeness (QED) is 0.929. The number of amides is 1. The number of aryl methyl sites for hydroxylation is 1. The van der Waals surface area contributed by atoms with Gasteiger partial charge in [-0.1, -0.05) is 0 Å². The van der Waals surface area contributed by atoms with Crippen molar-refractivity contribution in [2.75, 3.05) is 7.11 Å². The lowest BCUT2D eigenvalue weighted by Gasteiger charge is -2.06. The Morgan fingerprint density at radius 3 is 2.40 bits per heavy atom. The molecule has 4 heteroatoms. The van der Waals surface area contributed by atoms with Gasteiger partial charge in [0, 0.05) is 30.5 Å². The molecule has 0 atom stereocenters. The zero-order valence-corrected chi connectivity index (χ0v) is 12.4. The molecule has 0 unspecified atom stereocenters. The van der Waals surface area contributed by atoms with Gasteiger partial charge in [0.25, 0.3) is 5.91 Å². The average Bonchev–Trinajstić information content (AvgIpc) is 2.72. The van der Waals surface area contributed by atoms with Crippen molar-refractivity contribution in [1.29, 1.82) is 0 Å². The number of methoxy groups -OCH3 is 1. The van der Waals surface area contributed by atoms with Crippen LogP contribution in [0.2, 0.25) is 0 Å². The molecule has 0 aliphatic carbocycles. The van der Waals surface area contributed by atoms with Crippen LogP contribution in [0, 0.1) is 13.8 Å². The van der Waals surface area contributed by atoms with Crippen LogP contribution in [0.25, 0.3) is 0 Å². The molecular formula is C16H20N2O2. The number of hydrogen-bond acceptors (Lipinski definition) is 2. The third-order valence-corrected chi connectivity index (χ3v) is 3.67. The Morgan fingerprint density at radius 2 is 1.90 bits per heavy atom. The van der Waals surface area contributed by atoms with E-state index < -0.39 is 0 Å². The van der Waals surface area contributed by atoms with Crippen molar-refractivity contribution in [2.45, 2.75) is 20.4 Å². The summed E-state index contributed by atoms with van der Waals surface area (Å²) in [6, 6.07) is 9.19. The van der Waals surface area contributed by atoms with Gasteiger partial charge in [0.05, 0.1) is 7.11 Å². The molecule has 0 aliphatic rings. The van der Waals surface area contributed by atoms with Gasteiger partial charge in [0.2, 0.25) is 0 Å². The Labute approximate surface area is 119 Å². The first-order valence-electron chi connectivity index (χ1n) is 6.57. The maximum Gasteiger partial charge on any atom is 0.251 e. The predicted molar refractivity (Wildman–Crippen MR) is 79.1 cm³/mol. The molecule has 20 heavy (non-hydrogen) atoms. The van der Waals surface area contributed by atoms with Gasteiger partial charge in [0.15, 0.2) is 0 Å². The van der Waals surface area contributed by atoms with Crippen molar-refractivity contribution in [3.05, 3.63) is 52.8 Å². The minimum Gasteiger partial charge on any atom is -0.497 e. The maximum absolute atomic E-state index is 12.1. The average molecular weight is 272 g/mol. The summed E-state index contributed by atoms with van der Waals surface area (Å²) in [6.07, 6.45) is 0. The fourth-order valence-corrected chi connectivity index (χ4v) is 2.13. The molecule has 4 nitrogen and oxygen atoms in total. The molecular weight excluding hydrogens is 252 g/mol. The zero-order chi connectivity index (χ0) is 14.7. The lowest BCUT2D eigenvalue weighted by atomic mass is 10.2. The standard InChI is InChI=1S/C16H20N2O2/c1-11-9-14(12(2)18(11)3)10-17-16(19)13-5-7-15(20-4)8-6-13/h5-9H,10H2,1-4H3,(H,17,19). The smallest absolute Gasteiger partial charge is 0.251 e. The minimum absolute atomic E-state index is 0.0754. The van der Waals surface area contributed by atoms with Gasteiger partial charge < -0.3 is 14.6 Å². The summed E-state index contributed by atoms with van der Waals surface area (Å²) in [4.78, 5) is 12.1. The van der Waals surface area contributed by atoms with E-state index in [0.29, 0.717) is 12.1 Å². The molecule has 0 saturated heterocycles. The van der Waals surface area contributed by atoms with E-state index in [4.69, 9.17) is 4.74 Å². The van der Waals surface area contributed by atoms with Crippen LogP contribution < -0.4 is 10.1 Å². The Kier molecular flexibility index (Phi) is 4.13. The van der Waals surface area contributed by atoms with E-state index in [9.17, 15) is 4.79 Å². The first-order valence-corrected chi connectivity index (χ1v) is 6.57. The number of carbonyl (C=O) groups is 1. The van der Waals surface area contributed by atoms with Crippen LogP contribution in [0.4, 0.5) is 0 Å². The normalized spacial score (nSPS) is 10.4. The maximum atomic E-state index is 12.1. The van der Waals surface area contributed by atoms with Crippen molar-refractivity contribution in [1.82, 2.24) is 9.88 Å². The number of carbonyl (C=O) groups excluding carboxylic acids is 1. The summed E-state index contributed by atoms with van der Waals surface area (Å²) in [5, 5.41) is 2.94. The molecule has 0 aliphatic heterocycles. The molecule has 1 aromatic heterocycles. The molecule has 1 heterocycles. The van der Waals surface area contributed by atoms with Crippen LogP contribution in [0.1, 0.15) is 27.3 Å². The highest BCUT2D eigenvalue weighted by molar-refractivity contribution is 5.94. The molecule has 1 N–H and O–H groups in total. The highest BCUT2D eigenvalue weighted by Crippen LogP contribution is 2.14. The van der Waals surface area contributed by atoms with Crippen molar-refractivity contribution in [3.8, 4) is 5.75 Å². The lowest BCUT2D eigenvalue weighted by Crippen LogP contribution is -2.22. The Bertz CT molecular complexity index is 612. The fraction of sp³-hybridized carbons (Fsp3) is 0.312. The molecule has 2 rings (SSSR count). The molecule has 2 aromatic rings. The fourth-order valence-electron chi connectivity index (χ4n) is 2.13. The molecule has 0 radical (unpaired) electrons. The first-order chi connectivity index (χ1) is 9.52. The zero-order valence-electron chi connectivity index (χ0n) is 12.4. The summed E-state index contributed by atoms with van der Waals surface area (Å²) in [5.74, 6) is 0.671. The first kappa shape index (κ1) is 14.2. The van der Waals surface area contributed by atoms with Crippen molar-refractivity contribution in [2.24, 2.45) is 7.05 Å². The Hall–Kier alpha value is -2.23. The number of ether oxygens (including phenoxy) is 1. The number of benzene rings is 1. The van der Waals surface area contributed by atoms with E-state index in [2.05, 4.69) is 29.8 Å². The second-order valence-corrected chi connectivity index (χ2v) is 4.87. The molecule has 1 aromatic carbocycles. The highest BCUT2D eigenvalue weighted by atomic mass is 16.5. The number of nitrogens with zero attached hydrogens (tertiary/aromatic N) is 1. The van der Waals surface area contributed by atoms with Crippen LogP contribution in [0.3, 0.4) is 0 Å². The van der Waals surface area contributed by atoms with Crippen molar-refractivity contribution < 1.29 is 9.53 Å². The lowest BCUT2D eigenvalue weighted by molar-refractivity contribution is 0.0951. The van der Waals surface area contributed by atoms with E-state index in [-0.39, 0.29) is 5.91 Å². The largest absolute Gasteiger partial charge is 0.497 e. The summed E-state index contributed by atoms with van der Waals surface area (Å²) >= 11 is 0. The summed E-state index contributed by atoms with van der Waals surface area (Å²) < 4.78 is 7.20. The second kappa shape index (κ2) is 5.82. The number of aromatic nitrogens is 1. The van der Waals surface area contributed by atoms with Crippen molar-refractivity contribution >= 4 is 5.91 Å². The molecule has 0 spiro atoms. The summed E-state index contributed by atoms with van der Waals surface area (Å²) in [7, 11) is 3.63. The van der Waals surface area contributed by atoms with Crippen molar-refractivity contribution in [3.63, 3.8) is 0 Å². The summed E-state index contributed by atoms with van der Waals surface area (Å²) in [6.45, 7) is 4.65. The van der Waals surface area contributed by atoms with Gasteiger partial charge in [-0.25, -0.2) is 0 Å². The van der Waals surface area contributed by atoms with Gasteiger partial charge in [0.1, 0.15) is 5.75 Å². The van der Waals surface area contributed by atoms with Crippen LogP contribution >= 0.6 is 0 Å². The Balaban J connectivity index is 2.02. The monoisotopic (exact) mass is 272 g/mol. The van der Waals surface area contributed by atoms with E-state index in [1.54, 1.807) is 31.4 Å². The minimum atomic E-state index is -0.0754. The van der Waals surface area contributed by atoms with Crippen LogP contribution in [-0.2, 0) is 13.6 Å². The molecule has 0 bridgehead atoms. The Morgan fingerprint density at radius 1 is 1.25 bits per heavy atom. The third-order valence-electron chi connectivity index (χ3n) is 3.67. The van der Waals surface area contributed by atoms with Gasteiger partial charge in [-0.3, -0.25) is 4.79 Å². The van der Waals surface area contributed by atoms with Crippen LogP contribution in [0.5, 0.6) is 5.75 Å². The molecule has 0 fully saturated rings. The van der Waals surface area contributed by atoms with Gasteiger partial charge >= 0.3 is 0 Å². The second-order valence-electron chi connectivity index (χ2n) is 4.87. The van der Waals surface area contributed by atoms with E-state index in [1.165, 1.54) is 11.4 Å². The van der Waals surface area contributed by atoms with Gasteiger partial charge in [-0.05, 0) is 49.7 Å². The highest BCUT2D eigenvalue weighted by Gasteiger charge is 2.09. The predicted octanol–water partition coefficient (Wildman–Crippen LogP) is 2.58. The van der Waals surface area contributed by atoms with Gasteiger partial charge in [-0.2, -0.15) is 0 Å². The van der Waals surface area contributed by atoms with E-state index >= 15 is 0 Å². The number of hydrogen-bond donors (Lipinski definition) is 1. The third kappa shape index (κ3) is 2.85. The number of nitrogens with one attached hydrogen (secondary N) is 1. The van der Waals surface area contributed by atoms with Crippen LogP contribution in [-0.4, -0.2) is 17.6 Å². The van der Waals surface area contributed by atoms with Crippen LogP contribution in [0.15, 0.2) is 30.3 Å². The topological polar surface area (TPSA) is 43.3 Å². The molecule has 106 valence electrons. The van der Waals surface area contributed by atoms with E-state index in [1.807, 2.05) is 7.05 Å². The van der Waals surface area contributed by atoms with E-state index in [0.717, 1.165) is 11.3 Å². The molecule has 0 saturated carbocycles. The number of rotatable bonds is 4. The van der Waals surface area contributed by atoms with Gasteiger partial charge in [-0.15, -0.1) is 0 Å². The molecule has 1 amide bonds. The SMILES string of the molecule is COc1ccc(C(=O)NCc2cc(C)n(C)c2C)cc1. The summed E-state index contributed by atoms with van der Waals surface area (Å²) in [5.41, 5.74) is 4.15.